The molecule has 0 radical (unpaired) electrons. The zero-order valence-electron chi connectivity index (χ0n) is 21.2. The molecule has 0 saturated heterocycles. The largest absolute Gasteiger partial charge is 0.491 e. The quantitative estimate of drug-likeness (QED) is 0.364. The van der Waals surface area contributed by atoms with E-state index in [1.165, 1.54) is 0 Å². The van der Waals surface area contributed by atoms with Crippen molar-refractivity contribution >= 4 is 11.6 Å². The van der Waals surface area contributed by atoms with Gasteiger partial charge in [-0.3, -0.25) is 4.39 Å². The molecule has 0 spiro atoms. The molecule has 4 atom stereocenters. The van der Waals surface area contributed by atoms with Crippen molar-refractivity contribution in [3.05, 3.63) is 64.2 Å². The summed E-state index contributed by atoms with van der Waals surface area (Å²) in [5, 5.41) is 34.5. The van der Waals surface area contributed by atoms with Gasteiger partial charge in [0, 0.05) is 22.5 Å². The van der Waals surface area contributed by atoms with Gasteiger partial charge in [0.1, 0.15) is 12.4 Å². The highest BCUT2D eigenvalue weighted by molar-refractivity contribution is 6.31. The monoisotopic (exact) mass is 520 g/mol. The van der Waals surface area contributed by atoms with Crippen molar-refractivity contribution in [2.45, 2.75) is 75.6 Å². The molecule has 5 nitrogen and oxygen atoms in total. The number of aliphatic hydroxyl groups excluding tert-OH is 2. The summed E-state index contributed by atoms with van der Waals surface area (Å²) in [6.45, 7) is 4.32. The van der Waals surface area contributed by atoms with E-state index in [0.29, 0.717) is 56.9 Å². The van der Waals surface area contributed by atoms with Crippen LogP contribution in [0.1, 0.15) is 62.6 Å². The van der Waals surface area contributed by atoms with Crippen molar-refractivity contribution in [2.75, 3.05) is 26.5 Å². The SMILES string of the molecule is CC(C)(O)C12CCCC(c3ccc(Cl)c(Cc4ccc(OCCOCCCF)cc4)c3)(C(O)C1)C2O. The summed E-state index contributed by atoms with van der Waals surface area (Å²) in [5.74, 6) is 0.731. The standard InChI is InChI=1S/C29H38ClFO5/c1-27(2,34)28-11-3-12-29(26(28)33,25(32)19-28)22-7-10-24(30)21(18-22)17-20-5-8-23(9-6-20)36-16-15-35-14-4-13-31/h5-10,18,25-26,32-34H,3-4,11-17,19H2,1-2H3. The molecule has 0 aliphatic heterocycles. The Hall–Kier alpha value is -1.70. The highest BCUT2D eigenvalue weighted by Crippen LogP contribution is 2.63. The highest BCUT2D eigenvalue weighted by atomic mass is 35.5. The number of ether oxygens (including phenoxy) is 2. The van der Waals surface area contributed by atoms with Gasteiger partial charge >= 0.3 is 0 Å². The minimum absolute atomic E-state index is 0.373. The van der Waals surface area contributed by atoms with E-state index in [-0.39, 0.29) is 6.67 Å². The van der Waals surface area contributed by atoms with Gasteiger partial charge in [-0.05, 0) is 80.8 Å². The fraction of sp³-hybridized carbons (Fsp3) is 0.586. The lowest BCUT2D eigenvalue weighted by atomic mass is 9.58. The predicted molar refractivity (Wildman–Crippen MR) is 138 cm³/mol. The van der Waals surface area contributed by atoms with Gasteiger partial charge in [0.05, 0.1) is 31.1 Å². The van der Waals surface area contributed by atoms with E-state index in [4.69, 9.17) is 21.1 Å². The molecule has 2 aliphatic carbocycles. The topological polar surface area (TPSA) is 79.2 Å². The molecule has 0 amide bonds. The van der Waals surface area contributed by atoms with Crippen molar-refractivity contribution in [3.63, 3.8) is 0 Å². The fourth-order valence-electron chi connectivity index (χ4n) is 6.34. The molecule has 2 aromatic carbocycles. The lowest BCUT2D eigenvalue weighted by Crippen LogP contribution is -2.57. The first-order valence-electron chi connectivity index (χ1n) is 12.9. The number of halogens is 2. The summed E-state index contributed by atoms with van der Waals surface area (Å²) < 4.78 is 23.1. The van der Waals surface area contributed by atoms with Crippen LogP contribution in [0.25, 0.3) is 0 Å². The Morgan fingerprint density at radius 3 is 2.50 bits per heavy atom. The third kappa shape index (κ3) is 5.03. The maximum absolute atomic E-state index is 12.1. The average molecular weight is 521 g/mol. The molecule has 4 unspecified atom stereocenters. The maximum Gasteiger partial charge on any atom is 0.119 e. The molecule has 2 bridgehead atoms. The molecule has 0 aromatic heterocycles. The van der Waals surface area contributed by atoms with E-state index in [1.807, 2.05) is 42.5 Å². The third-order valence-electron chi connectivity index (χ3n) is 8.42. The van der Waals surface area contributed by atoms with E-state index in [2.05, 4.69) is 0 Å². The van der Waals surface area contributed by atoms with Crippen LogP contribution in [0.15, 0.2) is 42.5 Å². The van der Waals surface area contributed by atoms with E-state index in [0.717, 1.165) is 28.9 Å². The van der Waals surface area contributed by atoms with Gasteiger partial charge in [-0.2, -0.15) is 0 Å². The van der Waals surface area contributed by atoms with Gasteiger partial charge < -0.3 is 24.8 Å². The fourth-order valence-corrected chi connectivity index (χ4v) is 6.52. The van der Waals surface area contributed by atoms with Crippen LogP contribution in [0.5, 0.6) is 5.75 Å². The summed E-state index contributed by atoms with van der Waals surface area (Å²) in [7, 11) is 0. The normalized spacial score (nSPS) is 27.9. The molecule has 2 aliphatic rings. The minimum atomic E-state index is -1.10. The van der Waals surface area contributed by atoms with Crippen LogP contribution in [0.3, 0.4) is 0 Å². The first kappa shape index (κ1) is 27.3. The average Bonchev–Trinajstić information content (AvgIpc) is 2.96. The second-order valence-corrected chi connectivity index (χ2v) is 11.3. The smallest absolute Gasteiger partial charge is 0.119 e. The number of rotatable bonds is 11. The molecule has 2 aromatic rings. The van der Waals surface area contributed by atoms with Crippen LogP contribution in [-0.4, -0.2) is 59.6 Å². The number of benzene rings is 2. The molecule has 3 N–H and O–H groups in total. The molecular formula is C29H38ClFO5. The summed E-state index contributed by atoms with van der Waals surface area (Å²) >= 11 is 6.58. The Labute approximate surface area is 218 Å². The molecule has 36 heavy (non-hydrogen) atoms. The van der Waals surface area contributed by atoms with Crippen molar-refractivity contribution in [1.29, 1.82) is 0 Å². The summed E-state index contributed by atoms with van der Waals surface area (Å²) in [4.78, 5) is 0. The molecular weight excluding hydrogens is 483 g/mol. The van der Waals surface area contributed by atoms with Crippen LogP contribution < -0.4 is 4.74 Å². The highest BCUT2D eigenvalue weighted by Gasteiger charge is 2.68. The Balaban J connectivity index is 1.49. The van der Waals surface area contributed by atoms with Crippen LogP contribution in [-0.2, 0) is 16.6 Å². The number of alkyl halides is 1. The number of hydrogen-bond donors (Lipinski definition) is 3. The van der Waals surface area contributed by atoms with Gasteiger partial charge in [-0.15, -0.1) is 0 Å². The number of aliphatic hydroxyl groups is 3. The lowest BCUT2D eigenvalue weighted by Gasteiger charge is -2.50. The molecule has 7 heteroatoms. The lowest BCUT2D eigenvalue weighted by molar-refractivity contribution is -0.141. The maximum atomic E-state index is 12.1. The van der Waals surface area contributed by atoms with E-state index >= 15 is 0 Å². The molecule has 2 saturated carbocycles. The Morgan fingerprint density at radius 1 is 1.06 bits per heavy atom. The van der Waals surface area contributed by atoms with Gasteiger partial charge in [-0.25, -0.2) is 0 Å². The zero-order chi connectivity index (χ0) is 26.0. The summed E-state index contributed by atoms with van der Waals surface area (Å²) in [5.41, 5.74) is 0.194. The van der Waals surface area contributed by atoms with Gasteiger partial charge in [0.25, 0.3) is 0 Å². The second kappa shape index (κ2) is 11.0. The third-order valence-corrected chi connectivity index (χ3v) is 8.78. The van der Waals surface area contributed by atoms with Gasteiger partial charge in [0.15, 0.2) is 0 Å². The van der Waals surface area contributed by atoms with Gasteiger partial charge in [0.2, 0.25) is 0 Å². The number of hydrogen-bond acceptors (Lipinski definition) is 5. The zero-order valence-corrected chi connectivity index (χ0v) is 21.9. The molecule has 4 rings (SSSR count). The Bertz CT molecular complexity index is 1020. The van der Waals surface area contributed by atoms with Crippen LogP contribution in [0, 0.1) is 5.41 Å². The Morgan fingerprint density at radius 2 is 1.81 bits per heavy atom. The van der Waals surface area contributed by atoms with E-state index in [1.54, 1.807) is 13.8 Å². The summed E-state index contributed by atoms with van der Waals surface area (Å²) in [6, 6.07) is 13.5. The first-order valence-corrected chi connectivity index (χ1v) is 13.2. The Kier molecular flexibility index (Phi) is 8.32. The minimum Gasteiger partial charge on any atom is -0.491 e. The molecule has 198 valence electrons. The van der Waals surface area contributed by atoms with Crippen molar-refractivity contribution in [3.8, 4) is 5.75 Å². The molecule has 0 heterocycles. The van der Waals surface area contributed by atoms with Crippen LogP contribution >= 0.6 is 11.6 Å². The number of fused-ring (bicyclic) bond motifs is 2. The van der Waals surface area contributed by atoms with Crippen molar-refractivity contribution in [1.82, 2.24) is 0 Å². The molecule has 2 fully saturated rings. The van der Waals surface area contributed by atoms with Crippen LogP contribution in [0.2, 0.25) is 5.02 Å². The first-order chi connectivity index (χ1) is 17.1. The predicted octanol–water partition coefficient (Wildman–Crippen LogP) is 4.99. The van der Waals surface area contributed by atoms with Crippen LogP contribution in [0.4, 0.5) is 4.39 Å². The summed E-state index contributed by atoms with van der Waals surface area (Å²) in [6.07, 6.45) is 1.96. The van der Waals surface area contributed by atoms with Crippen molar-refractivity contribution < 1.29 is 29.2 Å². The van der Waals surface area contributed by atoms with E-state index < -0.39 is 28.6 Å². The second-order valence-electron chi connectivity index (χ2n) is 10.9. The van der Waals surface area contributed by atoms with Gasteiger partial charge in [-0.1, -0.05) is 42.3 Å². The van der Waals surface area contributed by atoms with Crippen molar-refractivity contribution in [2.24, 2.45) is 5.41 Å². The van der Waals surface area contributed by atoms with E-state index in [9.17, 15) is 19.7 Å².